The summed E-state index contributed by atoms with van der Waals surface area (Å²) < 4.78 is 4.84. The predicted molar refractivity (Wildman–Crippen MR) is 51.4 cm³/mol. The normalized spacial score (nSPS) is 10.1. The largest absolute Gasteiger partial charge is 0.459 e. The third-order valence-corrected chi connectivity index (χ3v) is 1.56. The first kappa shape index (κ1) is 11.1. The Morgan fingerprint density at radius 3 is 2.80 bits per heavy atom. The van der Waals surface area contributed by atoms with Crippen LogP contribution in [-0.2, 0) is 4.74 Å². The molecule has 0 spiro atoms. The predicted octanol–water partition coefficient (Wildman–Crippen LogP) is 1.55. The molecule has 0 amide bonds. The highest BCUT2D eigenvalue weighted by atomic mass is 16.6. The summed E-state index contributed by atoms with van der Waals surface area (Å²) in [5, 5.41) is 10.6. The van der Waals surface area contributed by atoms with Crippen molar-refractivity contribution < 1.29 is 14.5 Å². The fraction of sp³-hybridized carbons (Fsp3) is 0.333. The van der Waals surface area contributed by atoms with Crippen LogP contribution in [0.4, 0.5) is 5.69 Å². The Labute approximate surface area is 86.0 Å². The molecule has 0 saturated heterocycles. The summed E-state index contributed by atoms with van der Waals surface area (Å²) in [7, 11) is 0. The number of nitro groups is 1. The second-order valence-electron chi connectivity index (χ2n) is 3.10. The molecular weight excluding hydrogens is 200 g/mol. The fourth-order valence-corrected chi connectivity index (χ4v) is 0.981. The summed E-state index contributed by atoms with van der Waals surface area (Å²) in [5.74, 6) is -0.732. The van der Waals surface area contributed by atoms with Gasteiger partial charge in [-0.05, 0) is 13.8 Å². The van der Waals surface area contributed by atoms with E-state index in [0.717, 1.165) is 12.3 Å². The first-order valence-corrected chi connectivity index (χ1v) is 4.31. The third kappa shape index (κ3) is 2.73. The minimum absolute atomic E-state index is 0.129. The molecule has 0 atom stereocenters. The zero-order valence-corrected chi connectivity index (χ0v) is 8.34. The van der Waals surface area contributed by atoms with Crippen molar-refractivity contribution in [3.63, 3.8) is 0 Å². The number of rotatable bonds is 3. The van der Waals surface area contributed by atoms with Gasteiger partial charge in [-0.2, -0.15) is 0 Å². The van der Waals surface area contributed by atoms with Crippen molar-refractivity contribution >= 4 is 11.7 Å². The Morgan fingerprint density at radius 2 is 2.27 bits per heavy atom. The number of pyridine rings is 1. The smallest absolute Gasteiger partial charge is 0.347 e. The van der Waals surface area contributed by atoms with Crippen molar-refractivity contribution in [3.05, 3.63) is 34.1 Å². The van der Waals surface area contributed by atoms with E-state index in [1.165, 1.54) is 6.20 Å². The molecule has 0 aliphatic carbocycles. The number of hydrogen-bond acceptors (Lipinski definition) is 5. The molecule has 80 valence electrons. The van der Waals surface area contributed by atoms with Crippen LogP contribution in [-0.4, -0.2) is 22.0 Å². The first-order valence-electron chi connectivity index (χ1n) is 4.31. The number of carbonyl (C=O) groups excluding carboxylic acids is 1. The maximum atomic E-state index is 11.4. The molecule has 0 aliphatic heterocycles. The number of carbonyl (C=O) groups is 1. The molecule has 0 fully saturated rings. The summed E-state index contributed by atoms with van der Waals surface area (Å²) in [6.45, 7) is 3.33. The van der Waals surface area contributed by atoms with Crippen LogP contribution in [0.2, 0.25) is 0 Å². The van der Waals surface area contributed by atoms with Gasteiger partial charge in [-0.15, -0.1) is 0 Å². The highest BCUT2D eigenvalue weighted by molar-refractivity contribution is 5.93. The quantitative estimate of drug-likeness (QED) is 0.429. The van der Waals surface area contributed by atoms with E-state index in [4.69, 9.17) is 4.74 Å². The second-order valence-corrected chi connectivity index (χ2v) is 3.10. The van der Waals surface area contributed by atoms with Crippen LogP contribution in [0.5, 0.6) is 0 Å². The highest BCUT2D eigenvalue weighted by Crippen LogP contribution is 2.17. The van der Waals surface area contributed by atoms with Gasteiger partial charge in [0.15, 0.2) is 5.56 Å². The summed E-state index contributed by atoms with van der Waals surface area (Å²) in [4.78, 5) is 25.0. The lowest BCUT2D eigenvalue weighted by atomic mass is 10.2. The number of nitrogens with zero attached hydrogens (tertiary/aromatic N) is 2. The minimum atomic E-state index is -0.732. The molecule has 0 bridgehead atoms. The van der Waals surface area contributed by atoms with Crippen molar-refractivity contribution in [2.24, 2.45) is 0 Å². The zero-order chi connectivity index (χ0) is 11.4. The average Bonchev–Trinajstić information content (AvgIpc) is 2.16. The zero-order valence-electron chi connectivity index (χ0n) is 8.34. The monoisotopic (exact) mass is 210 g/mol. The van der Waals surface area contributed by atoms with Crippen molar-refractivity contribution in [1.29, 1.82) is 0 Å². The molecule has 0 N–H and O–H groups in total. The van der Waals surface area contributed by atoms with E-state index in [1.807, 2.05) is 0 Å². The SMILES string of the molecule is CC(C)OC(=O)c1cnccc1[N+](=O)[O-]. The van der Waals surface area contributed by atoms with Gasteiger partial charge < -0.3 is 4.74 Å². The maximum Gasteiger partial charge on any atom is 0.347 e. The van der Waals surface area contributed by atoms with Crippen LogP contribution in [0.3, 0.4) is 0 Å². The lowest BCUT2D eigenvalue weighted by Gasteiger charge is -2.07. The number of ether oxygens (including phenoxy) is 1. The van der Waals surface area contributed by atoms with Gasteiger partial charge in [-0.25, -0.2) is 4.79 Å². The van der Waals surface area contributed by atoms with E-state index in [2.05, 4.69) is 4.98 Å². The third-order valence-electron chi connectivity index (χ3n) is 1.56. The lowest BCUT2D eigenvalue weighted by Crippen LogP contribution is -2.13. The van der Waals surface area contributed by atoms with E-state index in [0.29, 0.717) is 0 Å². The Bertz CT molecular complexity index is 389. The number of aromatic nitrogens is 1. The molecular formula is C9H10N2O4. The van der Waals surface area contributed by atoms with Crippen molar-refractivity contribution in [1.82, 2.24) is 4.98 Å². The maximum absolute atomic E-state index is 11.4. The van der Waals surface area contributed by atoms with Crippen LogP contribution < -0.4 is 0 Å². The molecule has 1 aromatic heterocycles. The Hall–Kier alpha value is -1.98. The van der Waals surface area contributed by atoms with Gasteiger partial charge in [0.1, 0.15) is 0 Å². The van der Waals surface area contributed by atoms with Gasteiger partial charge in [0.25, 0.3) is 5.69 Å². The molecule has 0 saturated carbocycles. The van der Waals surface area contributed by atoms with Crippen molar-refractivity contribution in [2.75, 3.05) is 0 Å². The number of esters is 1. The molecule has 0 unspecified atom stereocenters. The Kier molecular flexibility index (Phi) is 3.33. The molecule has 6 nitrogen and oxygen atoms in total. The molecule has 0 aromatic carbocycles. The topological polar surface area (TPSA) is 82.3 Å². The van der Waals surface area contributed by atoms with Gasteiger partial charge >= 0.3 is 5.97 Å². The van der Waals surface area contributed by atoms with Crippen LogP contribution in [0, 0.1) is 10.1 Å². The van der Waals surface area contributed by atoms with Crippen molar-refractivity contribution in [3.8, 4) is 0 Å². The van der Waals surface area contributed by atoms with E-state index < -0.39 is 10.9 Å². The second kappa shape index (κ2) is 4.50. The Morgan fingerprint density at radius 1 is 1.60 bits per heavy atom. The molecule has 1 heterocycles. The van der Waals surface area contributed by atoms with Gasteiger partial charge in [0.05, 0.1) is 11.0 Å². The van der Waals surface area contributed by atoms with E-state index in [9.17, 15) is 14.9 Å². The van der Waals surface area contributed by atoms with E-state index in [1.54, 1.807) is 13.8 Å². The van der Waals surface area contributed by atoms with Gasteiger partial charge in [-0.3, -0.25) is 15.1 Å². The van der Waals surface area contributed by atoms with Crippen LogP contribution in [0.15, 0.2) is 18.5 Å². The molecule has 1 aromatic rings. The highest BCUT2D eigenvalue weighted by Gasteiger charge is 2.21. The van der Waals surface area contributed by atoms with Crippen LogP contribution >= 0.6 is 0 Å². The van der Waals surface area contributed by atoms with Crippen LogP contribution in [0.25, 0.3) is 0 Å². The van der Waals surface area contributed by atoms with Crippen molar-refractivity contribution in [2.45, 2.75) is 20.0 Å². The van der Waals surface area contributed by atoms with Gasteiger partial charge in [0, 0.05) is 18.5 Å². The van der Waals surface area contributed by atoms with E-state index >= 15 is 0 Å². The molecule has 6 heteroatoms. The number of hydrogen-bond donors (Lipinski definition) is 0. The molecule has 0 radical (unpaired) electrons. The lowest BCUT2D eigenvalue weighted by molar-refractivity contribution is -0.385. The standard InChI is InChI=1S/C9H10N2O4/c1-6(2)15-9(12)7-5-10-4-3-8(7)11(13)14/h3-6H,1-2H3. The minimum Gasteiger partial charge on any atom is -0.459 e. The molecule has 0 aliphatic rings. The van der Waals surface area contributed by atoms with Gasteiger partial charge in [-0.1, -0.05) is 0 Å². The molecule has 1 rings (SSSR count). The summed E-state index contributed by atoms with van der Waals surface area (Å²) in [6.07, 6.45) is 2.06. The van der Waals surface area contributed by atoms with Gasteiger partial charge in [0.2, 0.25) is 0 Å². The first-order chi connectivity index (χ1) is 7.02. The Balaban J connectivity index is 3.03. The van der Waals surface area contributed by atoms with E-state index in [-0.39, 0.29) is 17.4 Å². The summed E-state index contributed by atoms with van der Waals surface area (Å²) >= 11 is 0. The van der Waals surface area contributed by atoms with Crippen LogP contribution in [0.1, 0.15) is 24.2 Å². The average molecular weight is 210 g/mol. The fourth-order valence-electron chi connectivity index (χ4n) is 0.981. The summed E-state index contributed by atoms with van der Waals surface area (Å²) in [5.41, 5.74) is -0.424. The molecule has 15 heavy (non-hydrogen) atoms. The summed E-state index contributed by atoms with van der Waals surface area (Å²) in [6, 6.07) is 1.16.